The lowest BCUT2D eigenvalue weighted by molar-refractivity contribution is -0.141. The molecule has 1 N–H and O–H groups in total. The van der Waals surface area contributed by atoms with Crippen molar-refractivity contribution >= 4 is 27.7 Å². The highest BCUT2D eigenvalue weighted by atomic mass is 32.2. The number of hydrogen-bond acceptors (Lipinski definition) is 5. The molecular formula is C26H29N3O5S. The molecule has 0 spiro atoms. The Morgan fingerprint density at radius 3 is 2.00 bits per heavy atom. The van der Waals surface area contributed by atoms with E-state index in [1.54, 1.807) is 53.4 Å². The lowest BCUT2D eigenvalue weighted by atomic mass is 9.82. The molecule has 35 heavy (non-hydrogen) atoms. The molecule has 1 aliphatic carbocycles. The SMILES string of the molecule is O=C1NC(c2ccccc2)(c2ccccc2)C(=O)N1CC(=O)N(C1CCCC1)[C@H]1CCS(=O)(=O)C1. The van der Waals surface area contributed by atoms with Gasteiger partial charge in [0.15, 0.2) is 15.4 Å². The Hall–Kier alpha value is -3.20. The quantitative estimate of drug-likeness (QED) is 0.620. The molecule has 3 fully saturated rings. The van der Waals surface area contributed by atoms with Gasteiger partial charge in [0, 0.05) is 12.1 Å². The number of hydrogen-bond donors (Lipinski definition) is 1. The number of nitrogens with zero attached hydrogens (tertiary/aromatic N) is 2. The number of sulfone groups is 1. The average Bonchev–Trinajstić information content (AvgIpc) is 3.56. The second kappa shape index (κ2) is 9.11. The van der Waals surface area contributed by atoms with E-state index in [4.69, 9.17) is 0 Å². The van der Waals surface area contributed by atoms with E-state index in [2.05, 4.69) is 5.32 Å². The van der Waals surface area contributed by atoms with Crippen molar-refractivity contribution in [2.45, 2.75) is 49.7 Å². The van der Waals surface area contributed by atoms with Crippen LogP contribution in [0.5, 0.6) is 0 Å². The van der Waals surface area contributed by atoms with Gasteiger partial charge in [0.2, 0.25) is 5.91 Å². The van der Waals surface area contributed by atoms with E-state index in [-0.39, 0.29) is 23.5 Å². The summed E-state index contributed by atoms with van der Waals surface area (Å²) in [6, 6.07) is 16.9. The van der Waals surface area contributed by atoms with Crippen LogP contribution in [-0.2, 0) is 25.0 Å². The van der Waals surface area contributed by atoms with Crippen molar-refractivity contribution in [3.05, 3.63) is 71.8 Å². The van der Waals surface area contributed by atoms with Crippen molar-refractivity contribution in [2.24, 2.45) is 0 Å². The van der Waals surface area contributed by atoms with Gasteiger partial charge in [0.1, 0.15) is 6.54 Å². The Kier molecular flexibility index (Phi) is 6.13. The Morgan fingerprint density at radius 1 is 0.914 bits per heavy atom. The number of urea groups is 1. The monoisotopic (exact) mass is 495 g/mol. The fourth-order valence-electron chi connectivity index (χ4n) is 5.75. The summed E-state index contributed by atoms with van der Waals surface area (Å²) in [5.41, 5.74) is -0.225. The smallest absolute Gasteiger partial charge is 0.326 e. The molecule has 0 radical (unpaired) electrons. The van der Waals surface area contributed by atoms with Gasteiger partial charge in [0.25, 0.3) is 5.91 Å². The molecule has 184 valence electrons. The van der Waals surface area contributed by atoms with Gasteiger partial charge in [-0.2, -0.15) is 0 Å². The normalized spacial score (nSPS) is 23.4. The number of nitrogens with one attached hydrogen (secondary N) is 1. The van der Waals surface area contributed by atoms with Crippen LogP contribution in [0, 0.1) is 0 Å². The highest BCUT2D eigenvalue weighted by Crippen LogP contribution is 2.36. The van der Waals surface area contributed by atoms with Crippen LogP contribution in [0.1, 0.15) is 43.2 Å². The van der Waals surface area contributed by atoms with Crippen LogP contribution in [0.3, 0.4) is 0 Å². The van der Waals surface area contributed by atoms with E-state index < -0.39 is 39.9 Å². The molecule has 2 aliphatic heterocycles. The number of imide groups is 1. The maximum absolute atomic E-state index is 13.9. The summed E-state index contributed by atoms with van der Waals surface area (Å²) in [5, 5.41) is 2.87. The van der Waals surface area contributed by atoms with Gasteiger partial charge < -0.3 is 10.2 Å². The number of carbonyl (C=O) groups excluding carboxylic acids is 3. The number of rotatable bonds is 6. The van der Waals surface area contributed by atoms with E-state index in [0.29, 0.717) is 17.5 Å². The molecule has 3 aliphatic rings. The summed E-state index contributed by atoms with van der Waals surface area (Å²) in [7, 11) is -3.20. The van der Waals surface area contributed by atoms with Crippen LogP contribution in [0.25, 0.3) is 0 Å². The lowest BCUT2D eigenvalue weighted by Crippen LogP contribution is -2.52. The summed E-state index contributed by atoms with van der Waals surface area (Å²) < 4.78 is 24.3. The molecule has 0 unspecified atom stereocenters. The van der Waals surface area contributed by atoms with Crippen molar-refractivity contribution < 1.29 is 22.8 Å². The van der Waals surface area contributed by atoms with Gasteiger partial charge in [0.05, 0.1) is 11.5 Å². The first-order valence-corrected chi connectivity index (χ1v) is 13.9. The fraction of sp³-hybridized carbons (Fsp3) is 0.423. The molecule has 2 saturated heterocycles. The van der Waals surface area contributed by atoms with Gasteiger partial charge in [-0.05, 0) is 30.4 Å². The zero-order chi connectivity index (χ0) is 24.6. The van der Waals surface area contributed by atoms with Crippen molar-refractivity contribution in [3.8, 4) is 0 Å². The van der Waals surface area contributed by atoms with Crippen LogP contribution in [0.4, 0.5) is 4.79 Å². The molecule has 2 heterocycles. The first-order chi connectivity index (χ1) is 16.8. The Morgan fingerprint density at radius 2 is 1.49 bits per heavy atom. The van der Waals surface area contributed by atoms with Crippen molar-refractivity contribution in [2.75, 3.05) is 18.1 Å². The molecule has 2 aromatic rings. The second-order valence-electron chi connectivity index (χ2n) is 9.60. The molecule has 1 saturated carbocycles. The minimum absolute atomic E-state index is 0.0580. The van der Waals surface area contributed by atoms with Crippen LogP contribution in [-0.4, -0.2) is 66.2 Å². The molecule has 4 amide bonds. The Bertz CT molecular complexity index is 1190. The maximum atomic E-state index is 13.9. The highest BCUT2D eigenvalue weighted by Gasteiger charge is 2.54. The molecule has 9 heteroatoms. The van der Waals surface area contributed by atoms with E-state index in [0.717, 1.165) is 30.6 Å². The minimum Gasteiger partial charge on any atom is -0.334 e. The van der Waals surface area contributed by atoms with E-state index in [1.165, 1.54) is 0 Å². The molecule has 0 bridgehead atoms. The Balaban J connectivity index is 1.46. The third-order valence-electron chi connectivity index (χ3n) is 7.42. The molecule has 1 atom stereocenters. The summed E-state index contributed by atoms with van der Waals surface area (Å²) in [6.45, 7) is -0.418. The summed E-state index contributed by atoms with van der Waals surface area (Å²) in [5.74, 6) is -0.895. The number of carbonyl (C=O) groups is 3. The second-order valence-corrected chi connectivity index (χ2v) is 11.8. The number of benzene rings is 2. The van der Waals surface area contributed by atoms with Crippen LogP contribution in [0.2, 0.25) is 0 Å². The van der Waals surface area contributed by atoms with E-state index in [1.807, 2.05) is 12.1 Å². The van der Waals surface area contributed by atoms with Crippen LogP contribution in [0.15, 0.2) is 60.7 Å². The fourth-order valence-corrected chi connectivity index (χ4v) is 7.46. The zero-order valence-electron chi connectivity index (χ0n) is 19.4. The minimum atomic E-state index is -3.20. The largest absolute Gasteiger partial charge is 0.334 e. The molecule has 0 aromatic heterocycles. The van der Waals surface area contributed by atoms with E-state index >= 15 is 0 Å². The van der Waals surface area contributed by atoms with Gasteiger partial charge in [-0.15, -0.1) is 0 Å². The molecule has 5 rings (SSSR count). The highest BCUT2D eigenvalue weighted by molar-refractivity contribution is 7.91. The molecular weight excluding hydrogens is 466 g/mol. The third-order valence-corrected chi connectivity index (χ3v) is 9.17. The van der Waals surface area contributed by atoms with Crippen LogP contribution >= 0.6 is 0 Å². The van der Waals surface area contributed by atoms with E-state index in [9.17, 15) is 22.8 Å². The van der Waals surface area contributed by atoms with Crippen molar-refractivity contribution in [1.29, 1.82) is 0 Å². The van der Waals surface area contributed by atoms with Crippen LogP contribution < -0.4 is 5.32 Å². The number of amides is 4. The summed E-state index contributed by atoms with van der Waals surface area (Å²) >= 11 is 0. The predicted molar refractivity (Wildman–Crippen MR) is 130 cm³/mol. The van der Waals surface area contributed by atoms with Gasteiger partial charge >= 0.3 is 6.03 Å². The van der Waals surface area contributed by atoms with Gasteiger partial charge in [-0.3, -0.25) is 14.5 Å². The third kappa shape index (κ3) is 4.22. The maximum Gasteiger partial charge on any atom is 0.326 e. The zero-order valence-corrected chi connectivity index (χ0v) is 20.2. The average molecular weight is 496 g/mol. The van der Waals surface area contributed by atoms with Gasteiger partial charge in [-0.1, -0.05) is 73.5 Å². The van der Waals surface area contributed by atoms with Gasteiger partial charge in [-0.25, -0.2) is 13.2 Å². The summed E-state index contributed by atoms with van der Waals surface area (Å²) in [6.07, 6.45) is 3.95. The first-order valence-electron chi connectivity index (χ1n) is 12.1. The molecule has 2 aromatic carbocycles. The van der Waals surface area contributed by atoms with Crippen molar-refractivity contribution in [1.82, 2.24) is 15.1 Å². The first kappa shape index (κ1) is 23.5. The lowest BCUT2D eigenvalue weighted by Gasteiger charge is -2.35. The summed E-state index contributed by atoms with van der Waals surface area (Å²) in [4.78, 5) is 43.4. The van der Waals surface area contributed by atoms with Crippen molar-refractivity contribution in [3.63, 3.8) is 0 Å². The predicted octanol–water partition coefficient (Wildman–Crippen LogP) is 2.44. The Labute approximate surface area is 205 Å². The topological polar surface area (TPSA) is 104 Å². The standard InChI is InChI=1S/C26H29N3O5S/c30-23(29(21-13-7-8-14-21)22-15-16-35(33,34)18-22)17-28-24(31)26(27-25(28)32,19-9-3-1-4-10-19)20-11-5-2-6-12-20/h1-6,9-12,21-22H,7-8,13-18H2,(H,27,32)/t22-/m0/s1. The molecule has 8 nitrogen and oxygen atoms in total.